The van der Waals surface area contributed by atoms with Crippen LogP contribution in [-0.4, -0.2) is 28.6 Å². The van der Waals surface area contributed by atoms with E-state index in [4.69, 9.17) is 0 Å². The second-order valence-electron chi connectivity index (χ2n) is 7.35. The van der Waals surface area contributed by atoms with Gasteiger partial charge in [-0.3, -0.25) is 0 Å². The van der Waals surface area contributed by atoms with E-state index in [0.29, 0.717) is 19.0 Å². The summed E-state index contributed by atoms with van der Waals surface area (Å²) >= 11 is 0. The maximum atomic E-state index is 14.0. The van der Waals surface area contributed by atoms with Gasteiger partial charge in [-0.2, -0.15) is 0 Å². The zero-order valence-electron chi connectivity index (χ0n) is 15.9. The summed E-state index contributed by atoms with van der Waals surface area (Å²) in [4.78, 5) is 0. The summed E-state index contributed by atoms with van der Waals surface area (Å²) in [6.45, 7) is 3.82. The lowest BCUT2D eigenvalue weighted by Crippen LogP contribution is -2.30. The molecule has 2 aromatic rings. The molecule has 2 N–H and O–H groups in total. The molecule has 0 bridgehead atoms. The molecule has 27 heavy (non-hydrogen) atoms. The minimum atomic E-state index is -2.82. The fourth-order valence-corrected chi connectivity index (χ4v) is 6.35. The zero-order valence-corrected chi connectivity index (χ0v) is 16.8. The van der Waals surface area contributed by atoms with Crippen LogP contribution in [0.25, 0.3) is 0 Å². The fourth-order valence-electron chi connectivity index (χ4n) is 3.81. The van der Waals surface area contributed by atoms with Crippen molar-refractivity contribution in [1.29, 1.82) is 0 Å². The minimum Gasteiger partial charge on any atom is -0.388 e. The second-order valence-corrected chi connectivity index (χ2v) is 10.2. The third kappa shape index (κ3) is 4.32. The van der Waals surface area contributed by atoms with Gasteiger partial charge in [-0.1, -0.05) is 77.9 Å². The second kappa shape index (κ2) is 8.39. The maximum absolute atomic E-state index is 14.0. The van der Waals surface area contributed by atoms with Crippen LogP contribution in [0.3, 0.4) is 0 Å². The molecule has 2 aromatic carbocycles. The molecule has 0 radical (unpaired) electrons. The molecule has 4 heteroatoms. The highest BCUT2D eigenvalue weighted by molar-refractivity contribution is 7.78. The highest BCUT2D eigenvalue weighted by atomic mass is 31.2. The SMILES string of the molecule is CC(C)=C1C(O)CC(=CCP(=O)(c2ccccc2)c2ccccc2)CC1O. The van der Waals surface area contributed by atoms with E-state index < -0.39 is 19.3 Å². The van der Waals surface area contributed by atoms with Crippen molar-refractivity contribution in [1.82, 2.24) is 0 Å². The van der Waals surface area contributed by atoms with Gasteiger partial charge in [-0.25, -0.2) is 0 Å². The molecule has 1 saturated carbocycles. The number of rotatable bonds is 4. The Kier molecular flexibility index (Phi) is 6.16. The first-order valence-corrected chi connectivity index (χ1v) is 11.2. The number of hydrogen-bond acceptors (Lipinski definition) is 3. The largest absolute Gasteiger partial charge is 0.388 e. The van der Waals surface area contributed by atoms with Crippen LogP contribution in [-0.2, 0) is 4.57 Å². The highest BCUT2D eigenvalue weighted by Gasteiger charge is 2.30. The van der Waals surface area contributed by atoms with Crippen LogP contribution in [0.4, 0.5) is 0 Å². The van der Waals surface area contributed by atoms with E-state index in [2.05, 4.69) is 0 Å². The fraction of sp³-hybridized carbons (Fsp3) is 0.304. The number of allylic oxidation sites excluding steroid dienone is 2. The van der Waals surface area contributed by atoms with E-state index >= 15 is 0 Å². The third-order valence-electron chi connectivity index (χ3n) is 5.19. The summed E-state index contributed by atoms with van der Waals surface area (Å²) in [6.07, 6.45) is 1.99. The first kappa shape index (κ1) is 19.8. The Bertz CT molecular complexity index is 821. The van der Waals surface area contributed by atoms with E-state index in [1.165, 1.54) is 0 Å². The van der Waals surface area contributed by atoms with E-state index in [9.17, 15) is 14.8 Å². The predicted octanol–water partition coefficient (Wildman–Crippen LogP) is 3.78. The molecule has 0 spiro atoms. The molecule has 0 aliphatic heterocycles. The molecule has 1 aliphatic rings. The van der Waals surface area contributed by atoms with Crippen molar-refractivity contribution >= 4 is 17.8 Å². The van der Waals surface area contributed by atoms with Crippen molar-refractivity contribution in [3.8, 4) is 0 Å². The standard InChI is InChI=1S/C23H27O3P/c1-17(2)23-21(24)15-18(16-22(23)25)13-14-27(26,19-9-5-3-6-10-19)20-11-7-4-8-12-20/h3-13,21-22,24-25H,14-16H2,1-2H3. The minimum absolute atomic E-state index is 0.389. The number of hydrogen-bond donors (Lipinski definition) is 2. The average Bonchev–Trinajstić information content (AvgIpc) is 2.66. The molecule has 3 nitrogen and oxygen atoms in total. The van der Waals surface area contributed by atoms with Gasteiger partial charge in [0.2, 0.25) is 0 Å². The van der Waals surface area contributed by atoms with E-state index in [-0.39, 0.29) is 0 Å². The van der Waals surface area contributed by atoms with Crippen LogP contribution in [0.1, 0.15) is 26.7 Å². The maximum Gasteiger partial charge on any atom is 0.146 e. The van der Waals surface area contributed by atoms with E-state index in [0.717, 1.165) is 27.3 Å². The lowest BCUT2D eigenvalue weighted by atomic mass is 9.83. The van der Waals surface area contributed by atoms with Gasteiger partial charge in [-0.15, -0.1) is 0 Å². The van der Waals surface area contributed by atoms with Crippen molar-refractivity contribution in [2.75, 3.05) is 6.16 Å². The molecule has 1 aliphatic carbocycles. The lowest BCUT2D eigenvalue weighted by Gasteiger charge is -2.30. The summed E-state index contributed by atoms with van der Waals surface area (Å²) in [5.74, 6) is 0. The van der Waals surface area contributed by atoms with Crippen molar-refractivity contribution in [3.05, 3.63) is 83.5 Å². The summed E-state index contributed by atoms with van der Waals surface area (Å²) in [7, 11) is -2.82. The number of aliphatic hydroxyl groups excluding tert-OH is 2. The predicted molar refractivity (Wildman–Crippen MR) is 112 cm³/mol. The molecular weight excluding hydrogens is 355 g/mol. The van der Waals surface area contributed by atoms with E-state index in [1.54, 1.807) is 0 Å². The Morgan fingerprint density at radius 1 is 0.926 bits per heavy atom. The number of aliphatic hydroxyl groups is 2. The lowest BCUT2D eigenvalue weighted by molar-refractivity contribution is 0.121. The van der Waals surface area contributed by atoms with Crippen LogP contribution in [0.2, 0.25) is 0 Å². The molecule has 0 amide bonds. The Morgan fingerprint density at radius 2 is 1.37 bits per heavy atom. The summed E-state index contributed by atoms with van der Waals surface area (Å²) in [5, 5.41) is 22.5. The van der Waals surface area contributed by atoms with Gasteiger partial charge in [0.15, 0.2) is 0 Å². The van der Waals surface area contributed by atoms with E-state index in [1.807, 2.05) is 80.6 Å². The summed E-state index contributed by atoms with van der Waals surface area (Å²) < 4.78 is 14.0. The quantitative estimate of drug-likeness (QED) is 0.625. The van der Waals surface area contributed by atoms with Crippen LogP contribution < -0.4 is 10.6 Å². The summed E-state index contributed by atoms with van der Waals surface area (Å²) in [5.41, 5.74) is 2.65. The van der Waals surface area contributed by atoms with Gasteiger partial charge in [0.1, 0.15) is 7.14 Å². The topological polar surface area (TPSA) is 57.5 Å². The third-order valence-corrected chi connectivity index (χ3v) is 8.15. The molecule has 2 atom stereocenters. The Balaban J connectivity index is 1.92. The van der Waals surface area contributed by atoms with Gasteiger partial charge in [0, 0.05) is 16.8 Å². The number of benzene rings is 2. The van der Waals surface area contributed by atoms with Crippen molar-refractivity contribution in [2.24, 2.45) is 0 Å². The van der Waals surface area contributed by atoms with Crippen molar-refractivity contribution < 1.29 is 14.8 Å². The average molecular weight is 382 g/mol. The van der Waals surface area contributed by atoms with Gasteiger partial charge in [0.05, 0.1) is 12.2 Å². The molecule has 1 fully saturated rings. The van der Waals surface area contributed by atoms with Crippen LogP contribution in [0, 0.1) is 0 Å². The van der Waals surface area contributed by atoms with Gasteiger partial charge >= 0.3 is 0 Å². The van der Waals surface area contributed by atoms with Crippen LogP contribution >= 0.6 is 7.14 Å². The van der Waals surface area contributed by atoms with Crippen LogP contribution in [0.15, 0.2) is 83.5 Å². The Hall–Kier alpha value is -1.93. The zero-order chi connectivity index (χ0) is 19.4. The first-order valence-electron chi connectivity index (χ1n) is 9.33. The van der Waals surface area contributed by atoms with Crippen molar-refractivity contribution in [3.63, 3.8) is 0 Å². The summed E-state index contributed by atoms with van der Waals surface area (Å²) in [6, 6.07) is 19.1. The molecule has 3 rings (SSSR count). The molecule has 2 unspecified atom stereocenters. The Labute approximate surface area is 161 Å². The van der Waals surface area contributed by atoms with Gasteiger partial charge < -0.3 is 14.8 Å². The monoisotopic (exact) mass is 382 g/mol. The first-order chi connectivity index (χ1) is 12.9. The smallest absolute Gasteiger partial charge is 0.146 e. The molecule has 0 saturated heterocycles. The molecular formula is C23H27O3P. The van der Waals surface area contributed by atoms with Crippen LogP contribution in [0.5, 0.6) is 0 Å². The molecule has 0 heterocycles. The van der Waals surface area contributed by atoms with Gasteiger partial charge in [-0.05, 0) is 32.3 Å². The molecule has 142 valence electrons. The Morgan fingerprint density at radius 3 is 1.78 bits per heavy atom. The normalized spacial score (nSPS) is 20.4. The molecule has 0 aromatic heterocycles. The van der Waals surface area contributed by atoms with Gasteiger partial charge in [0.25, 0.3) is 0 Å². The van der Waals surface area contributed by atoms with Crippen molar-refractivity contribution in [2.45, 2.75) is 38.9 Å². The highest BCUT2D eigenvalue weighted by Crippen LogP contribution is 2.44.